The van der Waals surface area contributed by atoms with Crippen LogP contribution in [0.5, 0.6) is 0 Å². The van der Waals surface area contributed by atoms with Gasteiger partial charge in [0.25, 0.3) is 0 Å². The minimum atomic E-state index is 0.120. The predicted molar refractivity (Wildman–Crippen MR) is 82.8 cm³/mol. The average Bonchev–Trinajstić information content (AvgIpc) is 2.48. The lowest BCUT2D eigenvalue weighted by Crippen LogP contribution is -2.32. The fraction of sp³-hybridized carbons (Fsp3) is 0.353. The van der Waals surface area contributed by atoms with Crippen LogP contribution in [0.4, 0.5) is 5.69 Å². The lowest BCUT2D eigenvalue weighted by molar-refractivity contribution is -0.117. The van der Waals surface area contributed by atoms with Crippen LogP contribution in [0.25, 0.3) is 10.8 Å². The number of rotatable bonds is 3. The molecule has 1 saturated heterocycles. The first kappa shape index (κ1) is 13.1. The molecule has 0 bridgehead atoms. The Morgan fingerprint density at radius 2 is 2.05 bits per heavy atom. The number of carbonyl (C=O) groups is 1. The van der Waals surface area contributed by atoms with E-state index in [0.29, 0.717) is 12.3 Å². The zero-order chi connectivity index (χ0) is 13.8. The highest BCUT2D eigenvalue weighted by Crippen LogP contribution is 2.23. The molecule has 0 saturated carbocycles. The number of nitrogens with one attached hydrogen (secondary N) is 2. The van der Waals surface area contributed by atoms with Crippen LogP contribution < -0.4 is 10.6 Å². The van der Waals surface area contributed by atoms with E-state index in [1.807, 2.05) is 30.3 Å². The topological polar surface area (TPSA) is 41.1 Å². The largest absolute Gasteiger partial charge is 0.326 e. The van der Waals surface area contributed by atoms with Gasteiger partial charge < -0.3 is 10.6 Å². The lowest BCUT2D eigenvalue weighted by atomic mass is 9.96. The van der Waals surface area contributed by atoms with Gasteiger partial charge in [0.05, 0.1) is 0 Å². The highest BCUT2D eigenvalue weighted by molar-refractivity contribution is 6.02. The van der Waals surface area contributed by atoms with Gasteiger partial charge in [0, 0.05) is 17.5 Å². The van der Waals surface area contributed by atoms with Crippen molar-refractivity contribution < 1.29 is 4.79 Å². The highest BCUT2D eigenvalue weighted by atomic mass is 16.1. The number of fused-ring (bicyclic) bond motifs is 1. The average molecular weight is 268 g/mol. The van der Waals surface area contributed by atoms with Crippen molar-refractivity contribution in [1.82, 2.24) is 5.32 Å². The number of piperidine rings is 1. The summed E-state index contributed by atoms with van der Waals surface area (Å²) < 4.78 is 0. The zero-order valence-corrected chi connectivity index (χ0v) is 11.6. The fourth-order valence-corrected chi connectivity index (χ4v) is 2.90. The highest BCUT2D eigenvalue weighted by Gasteiger charge is 2.17. The van der Waals surface area contributed by atoms with E-state index >= 15 is 0 Å². The van der Waals surface area contributed by atoms with Crippen LogP contribution in [0.2, 0.25) is 0 Å². The van der Waals surface area contributed by atoms with Crippen LogP contribution in [0, 0.1) is 5.92 Å². The SMILES string of the molecule is O=C(CC1CCCNC1)Nc1cccc2ccccc12. The van der Waals surface area contributed by atoms with E-state index in [2.05, 4.69) is 22.8 Å². The van der Waals surface area contributed by atoms with Crippen molar-refractivity contribution in [3.05, 3.63) is 42.5 Å². The molecule has 0 aromatic heterocycles. The Labute approximate surface area is 119 Å². The Morgan fingerprint density at radius 3 is 2.90 bits per heavy atom. The molecule has 0 spiro atoms. The van der Waals surface area contributed by atoms with Gasteiger partial charge in [-0.05, 0) is 43.3 Å². The molecule has 0 radical (unpaired) electrons. The summed E-state index contributed by atoms with van der Waals surface area (Å²) in [7, 11) is 0. The van der Waals surface area contributed by atoms with E-state index < -0.39 is 0 Å². The second kappa shape index (κ2) is 6.06. The van der Waals surface area contributed by atoms with Gasteiger partial charge in [-0.25, -0.2) is 0 Å². The summed E-state index contributed by atoms with van der Waals surface area (Å²) in [6, 6.07) is 14.2. The first-order chi connectivity index (χ1) is 9.83. The van der Waals surface area contributed by atoms with E-state index in [1.165, 1.54) is 6.42 Å². The lowest BCUT2D eigenvalue weighted by Gasteiger charge is -2.22. The van der Waals surface area contributed by atoms with Crippen molar-refractivity contribution in [3.8, 4) is 0 Å². The van der Waals surface area contributed by atoms with Gasteiger partial charge in [-0.15, -0.1) is 0 Å². The van der Waals surface area contributed by atoms with Crippen LogP contribution in [0.1, 0.15) is 19.3 Å². The van der Waals surface area contributed by atoms with Crippen LogP contribution in [0.15, 0.2) is 42.5 Å². The molecule has 1 heterocycles. The maximum atomic E-state index is 12.2. The molecular weight excluding hydrogens is 248 g/mol. The molecular formula is C17H20N2O. The fourth-order valence-electron chi connectivity index (χ4n) is 2.90. The molecule has 1 fully saturated rings. The van der Waals surface area contributed by atoms with Crippen molar-refractivity contribution in [2.45, 2.75) is 19.3 Å². The van der Waals surface area contributed by atoms with Gasteiger partial charge in [-0.3, -0.25) is 4.79 Å². The molecule has 3 nitrogen and oxygen atoms in total. The monoisotopic (exact) mass is 268 g/mol. The van der Waals surface area contributed by atoms with Crippen LogP contribution in [0.3, 0.4) is 0 Å². The summed E-state index contributed by atoms with van der Waals surface area (Å²) in [5.41, 5.74) is 0.914. The molecule has 1 aliphatic rings. The number of hydrogen-bond acceptors (Lipinski definition) is 2. The second-order valence-electron chi connectivity index (χ2n) is 5.49. The third kappa shape index (κ3) is 2.99. The molecule has 1 unspecified atom stereocenters. The van der Waals surface area contributed by atoms with Gasteiger partial charge in [0.1, 0.15) is 0 Å². The third-order valence-electron chi connectivity index (χ3n) is 3.94. The van der Waals surface area contributed by atoms with Crippen molar-refractivity contribution in [1.29, 1.82) is 0 Å². The molecule has 1 atom stereocenters. The van der Waals surface area contributed by atoms with E-state index in [9.17, 15) is 4.79 Å². The molecule has 1 amide bonds. The Bertz CT molecular complexity index is 597. The quantitative estimate of drug-likeness (QED) is 0.897. The number of anilines is 1. The minimum Gasteiger partial charge on any atom is -0.326 e. The van der Waals surface area contributed by atoms with E-state index in [1.54, 1.807) is 0 Å². The molecule has 104 valence electrons. The van der Waals surface area contributed by atoms with Gasteiger partial charge in [0.15, 0.2) is 0 Å². The summed E-state index contributed by atoms with van der Waals surface area (Å²) in [4.78, 5) is 12.2. The van der Waals surface area contributed by atoms with Gasteiger partial charge in [0.2, 0.25) is 5.91 Å². The first-order valence-corrected chi connectivity index (χ1v) is 7.31. The summed E-state index contributed by atoms with van der Waals surface area (Å²) >= 11 is 0. The van der Waals surface area contributed by atoms with Gasteiger partial charge >= 0.3 is 0 Å². The number of benzene rings is 2. The number of amides is 1. The minimum absolute atomic E-state index is 0.120. The van der Waals surface area contributed by atoms with Crippen molar-refractivity contribution in [2.75, 3.05) is 18.4 Å². The number of hydrogen-bond donors (Lipinski definition) is 2. The van der Waals surface area contributed by atoms with Gasteiger partial charge in [-0.1, -0.05) is 36.4 Å². The first-order valence-electron chi connectivity index (χ1n) is 7.31. The van der Waals surface area contributed by atoms with Crippen LogP contribution >= 0.6 is 0 Å². The van der Waals surface area contributed by atoms with Crippen LogP contribution in [-0.2, 0) is 4.79 Å². The molecule has 1 aliphatic heterocycles. The maximum absolute atomic E-state index is 12.2. The third-order valence-corrected chi connectivity index (χ3v) is 3.94. The molecule has 20 heavy (non-hydrogen) atoms. The van der Waals surface area contributed by atoms with E-state index in [-0.39, 0.29) is 5.91 Å². The smallest absolute Gasteiger partial charge is 0.224 e. The number of carbonyl (C=O) groups excluding carboxylic acids is 1. The van der Waals surface area contributed by atoms with Gasteiger partial charge in [-0.2, -0.15) is 0 Å². The predicted octanol–water partition coefficient (Wildman–Crippen LogP) is 3.17. The summed E-state index contributed by atoms with van der Waals surface area (Å²) in [6.07, 6.45) is 2.93. The molecule has 0 aliphatic carbocycles. The van der Waals surface area contributed by atoms with Crippen LogP contribution in [-0.4, -0.2) is 19.0 Å². The van der Waals surface area contributed by atoms with Crippen molar-refractivity contribution >= 4 is 22.4 Å². The Kier molecular flexibility index (Phi) is 3.97. The van der Waals surface area contributed by atoms with E-state index in [0.717, 1.165) is 36.0 Å². The maximum Gasteiger partial charge on any atom is 0.224 e. The summed E-state index contributed by atoms with van der Waals surface area (Å²) in [6.45, 7) is 2.05. The Balaban J connectivity index is 1.71. The molecule has 3 rings (SSSR count). The van der Waals surface area contributed by atoms with Crippen molar-refractivity contribution in [3.63, 3.8) is 0 Å². The van der Waals surface area contributed by atoms with Crippen molar-refractivity contribution in [2.24, 2.45) is 5.92 Å². The molecule has 2 aromatic rings. The molecule has 2 aromatic carbocycles. The Hall–Kier alpha value is -1.87. The summed E-state index contributed by atoms with van der Waals surface area (Å²) in [5, 5.41) is 8.68. The molecule has 3 heteroatoms. The molecule has 2 N–H and O–H groups in total. The zero-order valence-electron chi connectivity index (χ0n) is 11.6. The standard InChI is InChI=1S/C17H20N2O/c20-17(11-13-5-4-10-18-12-13)19-16-9-3-7-14-6-1-2-8-15(14)16/h1-3,6-9,13,18H,4-5,10-12H2,(H,19,20). The normalized spacial score (nSPS) is 18.9. The second-order valence-corrected chi connectivity index (χ2v) is 5.49. The van der Waals surface area contributed by atoms with E-state index in [4.69, 9.17) is 0 Å². The summed E-state index contributed by atoms with van der Waals surface area (Å²) in [5.74, 6) is 0.591. The Morgan fingerprint density at radius 1 is 1.20 bits per heavy atom.